The van der Waals surface area contributed by atoms with Gasteiger partial charge in [0.2, 0.25) is 0 Å². The predicted molar refractivity (Wildman–Crippen MR) is 58.9 cm³/mol. The second-order valence-corrected chi connectivity index (χ2v) is 3.84. The summed E-state index contributed by atoms with van der Waals surface area (Å²) in [4.78, 5) is 10.3. The van der Waals surface area contributed by atoms with Crippen molar-refractivity contribution in [1.82, 2.24) is 0 Å². The van der Waals surface area contributed by atoms with Crippen LogP contribution in [0, 0.1) is 10.1 Å². The Balaban J connectivity index is 2.91. The lowest BCUT2D eigenvalue weighted by atomic mass is 10.2. The van der Waals surface area contributed by atoms with E-state index < -0.39 is 4.92 Å². The maximum absolute atomic E-state index is 10.7. The van der Waals surface area contributed by atoms with E-state index >= 15 is 0 Å². The van der Waals surface area contributed by atoms with Crippen molar-refractivity contribution in [1.29, 1.82) is 0 Å². The fourth-order valence-electron chi connectivity index (χ4n) is 1.09. The second-order valence-electron chi connectivity index (χ2n) is 3.40. The molecule has 1 atom stereocenters. The van der Waals surface area contributed by atoms with Crippen molar-refractivity contribution >= 4 is 23.0 Å². The molecule has 0 unspecified atom stereocenters. The molecule has 0 bridgehead atoms. The van der Waals surface area contributed by atoms with Crippen LogP contribution in [0.25, 0.3) is 0 Å². The molecule has 0 aliphatic carbocycles. The second kappa shape index (κ2) is 4.95. The Morgan fingerprint density at radius 3 is 2.87 bits per heavy atom. The largest absolute Gasteiger partial charge is 0.374 e. The van der Waals surface area contributed by atoms with E-state index in [1.54, 1.807) is 12.1 Å². The zero-order valence-corrected chi connectivity index (χ0v) is 9.12. The van der Waals surface area contributed by atoms with Gasteiger partial charge in [0.05, 0.1) is 17.5 Å². The number of halogens is 1. The summed E-state index contributed by atoms with van der Waals surface area (Å²) in [5, 5.41) is 14.0. The fourth-order valence-corrected chi connectivity index (χ4v) is 1.26. The number of benzene rings is 1. The third kappa shape index (κ3) is 3.38. The first kappa shape index (κ1) is 11.7. The van der Waals surface area contributed by atoms with E-state index in [4.69, 9.17) is 11.6 Å². The molecule has 0 amide bonds. The summed E-state index contributed by atoms with van der Waals surface area (Å²) in [5.74, 6) is 0. The first-order chi connectivity index (χ1) is 7.00. The Morgan fingerprint density at radius 2 is 2.33 bits per heavy atom. The summed E-state index contributed by atoms with van der Waals surface area (Å²) < 4.78 is 0. The number of anilines is 1. The van der Waals surface area contributed by atoms with Gasteiger partial charge in [-0.1, -0.05) is 11.6 Å². The van der Waals surface area contributed by atoms with Crippen molar-refractivity contribution in [2.45, 2.75) is 13.0 Å². The van der Waals surface area contributed by atoms with Crippen LogP contribution in [-0.4, -0.2) is 17.5 Å². The Kier molecular flexibility index (Phi) is 3.88. The van der Waals surface area contributed by atoms with Gasteiger partial charge in [-0.2, -0.15) is 0 Å². The van der Waals surface area contributed by atoms with Crippen molar-refractivity contribution in [3.8, 4) is 0 Å². The van der Waals surface area contributed by atoms with E-state index in [2.05, 4.69) is 11.1 Å². The molecule has 0 fully saturated rings. The standard InChI is InChI=1S/C9H12ClN3O2/c1-6(11)5-12-8-3-2-7(10)4-9(8)13(14)15/h2-4,6,12H,5,11H2,1H3/p+1/t6-/m1/s1. The summed E-state index contributed by atoms with van der Waals surface area (Å²) in [5.41, 5.74) is 4.25. The minimum Gasteiger partial charge on any atom is -0.374 e. The van der Waals surface area contributed by atoms with Crippen molar-refractivity contribution in [2.24, 2.45) is 0 Å². The Hall–Kier alpha value is -1.33. The normalized spacial score (nSPS) is 12.2. The zero-order valence-electron chi connectivity index (χ0n) is 8.37. The number of nitrogens with zero attached hydrogens (tertiary/aromatic N) is 1. The molecule has 1 aromatic rings. The SMILES string of the molecule is C[C@@H]([NH3+])CNc1ccc(Cl)cc1[N+](=O)[O-]. The van der Waals surface area contributed by atoms with Crippen LogP contribution in [-0.2, 0) is 0 Å². The zero-order chi connectivity index (χ0) is 11.4. The molecule has 0 saturated heterocycles. The van der Waals surface area contributed by atoms with Crippen LogP contribution in [0.5, 0.6) is 0 Å². The lowest BCUT2D eigenvalue weighted by molar-refractivity contribution is -0.409. The molecule has 0 aliphatic rings. The average molecular weight is 231 g/mol. The number of nitro benzene ring substituents is 1. The molecule has 0 heterocycles. The molecular formula is C9H13ClN3O2+. The third-order valence-corrected chi connectivity index (χ3v) is 2.03. The van der Waals surface area contributed by atoms with Crippen LogP contribution >= 0.6 is 11.6 Å². The smallest absolute Gasteiger partial charge is 0.293 e. The quantitative estimate of drug-likeness (QED) is 0.604. The third-order valence-electron chi connectivity index (χ3n) is 1.80. The van der Waals surface area contributed by atoms with Gasteiger partial charge in [0.1, 0.15) is 5.69 Å². The molecule has 1 rings (SSSR count). The van der Waals surface area contributed by atoms with E-state index in [0.717, 1.165) is 0 Å². The van der Waals surface area contributed by atoms with Crippen LogP contribution in [0.4, 0.5) is 11.4 Å². The first-order valence-electron chi connectivity index (χ1n) is 4.51. The first-order valence-corrected chi connectivity index (χ1v) is 4.89. The maximum Gasteiger partial charge on any atom is 0.293 e. The van der Waals surface area contributed by atoms with Gasteiger partial charge in [-0.15, -0.1) is 0 Å². The van der Waals surface area contributed by atoms with E-state index in [1.807, 2.05) is 6.92 Å². The number of hydrogen-bond acceptors (Lipinski definition) is 3. The number of rotatable bonds is 4. The van der Waals surface area contributed by atoms with Gasteiger partial charge < -0.3 is 11.1 Å². The molecule has 6 heteroatoms. The Bertz CT molecular complexity index is 368. The molecule has 0 aliphatic heterocycles. The van der Waals surface area contributed by atoms with Crippen molar-refractivity contribution in [3.63, 3.8) is 0 Å². The molecule has 0 saturated carbocycles. The van der Waals surface area contributed by atoms with Crippen molar-refractivity contribution in [2.75, 3.05) is 11.9 Å². The topological polar surface area (TPSA) is 82.8 Å². The molecule has 1 aromatic carbocycles. The fraction of sp³-hybridized carbons (Fsp3) is 0.333. The molecule has 82 valence electrons. The van der Waals surface area contributed by atoms with Crippen LogP contribution in [0.3, 0.4) is 0 Å². The summed E-state index contributed by atoms with van der Waals surface area (Å²) in [7, 11) is 0. The molecule has 4 N–H and O–H groups in total. The van der Waals surface area contributed by atoms with Gasteiger partial charge in [-0.05, 0) is 19.1 Å². The van der Waals surface area contributed by atoms with E-state index in [0.29, 0.717) is 17.3 Å². The van der Waals surface area contributed by atoms with Crippen LogP contribution in [0.1, 0.15) is 6.92 Å². The molecule has 0 radical (unpaired) electrons. The van der Waals surface area contributed by atoms with Gasteiger partial charge in [-0.3, -0.25) is 10.1 Å². The Labute approximate surface area is 92.4 Å². The summed E-state index contributed by atoms with van der Waals surface area (Å²) in [6, 6.07) is 4.73. The maximum atomic E-state index is 10.7. The Morgan fingerprint density at radius 1 is 1.67 bits per heavy atom. The molecular weight excluding hydrogens is 218 g/mol. The molecule has 0 spiro atoms. The summed E-state index contributed by atoms with van der Waals surface area (Å²) in [6.07, 6.45) is 0. The lowest BCUT2D eigenvalue weighted by Gasteiger charge is -2.07. The molecule has 5 nitrogen and oxygen atoms in total. The minimum absolute atomic E-state index is 0.0110. The number of hydrogen-bond donors (Lipinski definition) is 2. The monoisotopic (exact) mass is 230 g/mol. The predicted octanol–water partition coefficient (Wildman–Crippen LogP) is 1.29. The minimum atomic E-state index is -0.456. The van der Waals surface area contributed by atoms with Crippen LogP contribution in [0.15, 0.2) is 18.2 Å². The number of nitro groups is 1. The summed E-state index contributed by atoms with van der Waals surface area (Å²) >= 11 is 5.68. The van der Waals surface area contributed by atoms with E-state index in [-0.39, 0.29) is 11.7 Å². The molecule has 15 heavy (non-hydrogen) atoms. The summed E-state index contributed by atoms with van der Waals surface area (Å²) in [6.45, 7) is 2.51. The highest BCUT2D eigenvalue weighted by atomic mass is 35.5. The number of nitrogens with one attached hydrogen (secondary N) is 1. The van der Waals surface area contributed by atoms with Gasteiger partial charge >= 0.3 is 0 Å². The van der Waals surface area contributed by atoms with Gasteiger partial charge in [0.25, 0.3) is 5.69 Å². The highest BCUT2D eigenvalue weighted by Gasteiger charge is 2.14. The number of quaternary nitrogens is 1. The highest BCUT2D eigenvalue weighted by Crippen LogP contribution is 2.27. The van der Waals surface area contributed by atoms with Gasteiger partial charge in [0.15, 0.2) is 0 Å². The van der Waals surface area contributed by atoms with Crippen molar-refractivity contribution in [3.05, 3.63) is 33.3 Å². The lowest BCUT2D eigenvalue weighted by Crippen LogP contribution is -2.62. The van der Waals surface area contributed by atoms with Crippen molar-refractivity contribution < 1.29 is 10.7 Å². The van der Waals surface area contributed by atoms with E-state index in [1.165, 1.54) is 6.07 Å². The van der Waals surface area contributed by atoms with E-state index in [9.17, 15) is 10.1 Å². The van der Waals surface area contributed by atoms with Gasteiger partial charge in [-0.25, -0.2) is 0 Å². The highest BCUT2D eigenvalue weighted by molar-refractivity contribution is 6.30. The molecule has 0 aromatic heterocycles. The van der Waals surface area contributed by atoms with Gasteiger partial charge in [0, 0.05) is 11.1 Å². The van der Waals surface area contributed by atoms with Crippen LogP contribution in [0.2, 0.25) is 5.02 Å². The van der Waals surface area contributed by atoms with Crippen LogP contribution < -0.4 is 11.1 Å². The average Bonchev–Trinajstić information content (AvgIpc) is 2.15.